The first-order valence-electron chi connectivity index (χ1n) is 8.59. The smallest absolute Gasteiger partial charge is 0.166 e. The number of fused-ring (bicyclic) bond motifs is 2. The average molecular weight is 310 g/mol. The van der Waals surface area contributed by atoms with Crippen LogP contribution in [0, 0.1) is 11.8 Å². The van der Waals surface area contributed by atoms with E-state index < -0.39 is 0 Å². The van der Waals surface area contributed by atoms with Gasteiger partial charge in [0, 0.05) is 23.2 Å². The Balaban J connectivity index is 1.52. The van der Waals surface area contributed by atoms with Gasteiger partial charge in [0.2, 0.25) is 0 Å². The summed E-state index contributed by atoms with van der Waals surface area (Å²) in [5.41, 5.74) is 0.336. The third-order valence-electron chi connectivity index (χ3n) is 5.58. The van der Waals surface area contributed by atoms with E-state index in [1.54, 1.807) is 0 Å². The third-order valence-corrected chi connectivity index (χ3v) is 5.82. The summed E-state index contributed by atoms with van der Waals surface area (Å²) < 4.78 is 0. The topological polar surface area (TPSA) is 36.1 Å². The number of rotatable bonds is 2. The van der Waals surface area contributed by atoms with E-state index in [1.807, 2.05) is 0 Å². The molecule has 3 N–H and O–H groups in total. The number of thiocarbonyl (C=S) groups is 1. The van der Waals surface area contributed by atoms with Crippen molar-refractivity contribution >= 4 is 17.3 Å². The fourth-order valence-electron chi connectivity index (χ4n) is 5.24. The van der Waals surface area contributed by atoms with Crippen molar-refractivity contribution in [2.45, 2.75) is 89.4 Å². The second-order valence-corrected chi connectivity index (χ2v) is 9.31. The van der Waals surface area contributed by atoms with Crippen molar-refractivity contribution in [3.05, 3.63) is 0 Å². The first kappa shape index (κ1) is 15.5. The Morgan fingerprint density at radius 1 is 1.00 bits per heavy atom. The molecule has 0 amide bonds. The molecule has 3 atom stereocenters. The van der Waals surface area contributed by atoms with Crippen molar-refractivity contribution in [2.24, 2.45) is 11.8 Å². The van der Waals surface area contributed by atoms with Gasteiger partial charge in [0.25, 0.3) is 0 Å². The van der Waals surface area contributed by atoms with Crippen LogP contribution in [0.2, 0.25) is 0 Å². The standard InChI is InChI=1S/C17H31N3S/c1-16(2)9-13(10-17(3,4)20-16)18-15(21)19-14-8-11-5-6-12(14)7-11/h11-14,20H,5-10H2,1-4H3,(H2,18,19,21)/t11-,12+,14+/m0/s1. The summed E-state index contributed by atoms with van der Waals surface area (Å²) in [6, 6.07) is 1.10. The predicted molar refractivity (Wildman–Crippen MR) is 92.4 cm³/mol. The van der Waals surface area contributed by atoms with Crippen molar-refractivity contribution in [3.63, 3.8) is 0 Å². The van der Waals surface area contributed by atoms with Crippen molar-refractivity contribution in [1.82, 2.24) is 16.0 Å². The van der Waals surface area contributed by atoms with Crippen LogP contribution in [0.4, 0.5) is 0 Å². The summed E-state index contributed by atoms with van der Waals surface area (Å²) in [4.78, 5) is 0. The van der Waals surface area contributed by atoms with Crippen molar-refractivity contribution in [2.75, 3.05) is 0 Å². The van der Waals surface area contributed by atoms with Gasteiger partial charge in [0.05, 0.1) is 0 Å². The molecule has 120 valence electrons. The first-order chi connectivity index (χ1) is 9.72. The lowest BCUT2D eigenvalue weighted by atomic mass is 9.80. The molecule has 21 heavy (non-hydrogen) atoms. The molecule has 0 aromatic heterocycles. The minimum Gasteiger partial charge on any atom is -0.360 e. The SMILES string of the molecule is CC1(C)CC(NC(=S)N[C@@H]2C[C@H]3CC[C@@H]2C3)CC(C)(C)N1. The maximum atomic E-state index is 5.59. The van der Waals surface area contributed by atoms with E-state index in [0.717, 1.165) is 29.8 Å². The molecular formula is C17H31N3S. The molecule has 0 radical (unpaired) electrons. The lowest BCUT2D eigenvalue weighted by molar-refractivity contribution is 0.155. The largest absolute Gasteiger partial charge is 0.360 e. The van der Waals surface area contributed by atoms with Crippen molar-refractivity contribution in [3.8, 4) is 0 Å². The predicted octanol–water partition coefficient (Wildman–Crippen LogP) is 2.95. The van der Waals surface area contributed by atoms with Gasteiger partial charge in [0.1, 0.15) is 0 Å². The van der Waals surface area contributed by atoms with Crippen LogP contribution >= 0.6 is 12.2 Å². The molecule has 2 aliphatic carbocycles. The molecule has 3 fully saturated rings. The highest BCUT2D eigenvalue weighted by atomic mass is 32.1. The Hall–Kier alpha value is -0.350. The van der Waals surface area contributed by atoms with Gasteiger partial charge < -0.3 is 16.0 Å². The van der Waals surface area contributed by atoms with Crippen LogP contribution in [0.1, 0.15) is 66.2 Å². The highest BCUT2D eigenvalue weighted by Crippen LogP contribution is 2.44. The number of hydrogen-bond donors (Lipinski definition) is 3. The van der Waals surface area contributed by atoms with Gasteiger partial charge in [-0.15, -0.1) is 0 Å². The molecule has 3 nitrogen and oxygen atoms in total. The zero-order valence-corrected chi connectivity index (χ0v) is 14.8. The Kier molecular flexibility index (Phi) is 3.98. The number of nitrogens with one attached hydrogen (secondary N) is 3. The summed E-state index contributed by atoms with van der Waals surface area (Å²) in [6.07, 6.45) is 7.84. The molecule has 3 aliphatic rings. The Bertz CT molecular complexity index is 402. The Morgan fingerprint density at radius 2 is 1.67 bits per heavy atom. The quantitative estimate of drug-likeness (QED) is 0.686. The zero-order chi connectivity index (χ0) is 15.3. The molecule has 4 heteroatoms. The highest BCUT2D eigenvalue weighted by Gasteiger charge is 2.41. The fraction of sp³-hybridized carbons (Fsp3) is 0.941. The number of piperidine rings is 1. The average Bonchev–Trinajstić information content (AvgIpc) is 2.85. The van der Waals surface area contributed by atoms with E-state index in [4.69, 9.17) is 12.2 Å². The van der Waals surface area contributed by atoms with Crippen molar-refractivity contribution < 1.29 is 0 Å². The third kappa shape index (κ3) is 3.70. The monoisotopic (exact) mass is 309 g/mol. The number of hydrogen-bond acceptors (Lipinski definition) is 2. The maximum Gasteiger partial charge on any atom is 0.166 e. The van der Waals surface area contributed by atoms with E-state index >= 15 is 0 Å². The molecule has 1 saturated heterocycles. The summed E-state index contributed by atoms with van der Waals surface area (Å²) in [5, 5.41) is 11.8. The van der Waals surface area contributed by atoms with Gasteiger partial charge in [-0.2, -0.15) is 0 Å². The summed E-state index contributed by atoms with van der Waals surface area (Å²) in [5.74, 6) is 1.84. The van der Waals surface area contributed by atoms with Crippen LogP contribution in [-0.2, 0) is 0 Å². The first-order valence-corrected chi connectivity index (χ1v) is 9.00. The molecular weight excluding hydrogens is 278 g/mol. The van der Waals surface area contributed by atoms with Gasteiger partial charge in [-0.1, -0.05) is 6.42 Å². The summed E-state index contributed by atoms with van der Waals surface area (Å²) in [6.45, 7) is 9.15. The lowest BCUT2D eigenvalue weighted by Crippen LogP contribution is -2.63. The Labute approximate surface area is 135 Å². The minimum atomic E-state index is 0.168. The van der Waals surface area contributed by atoms with E-state index in [0.29, 0.717) is 12.1 Å². The molecule has 1 aliphatic heterocycles. The maximum absolute atomic E-state index is 5.59. The van der Waals surface area contributed by atoms with Gasteiger partial charge in [-0.05, 0) is 83.9 Å². The highest BCUT2D eigenvalue weighted by molar-refractivity contribution is 7.80. The van der Waals surface area contributed by atoms with Crippen LogP contribution in [0.3, 0.4) is 0 Å². The second kappa shape index (κ2) is 5.38. The van der Waals surface area contributed by atoms with Gasteiger partial charge >= 0.3 is 0 Å². The lowest BCUT2D eigenvalue weighted by Gasteiger charge is -2.47. The Morgan fingerprint density at radius 3 is 2.19 bits per heavy atom. The van der Waals surface area contributed by atoms with Crippen LogP contribution in [-0.4, -0.2) is 28.3 Å². The second-order valence-electron chi connectivity index (χ2n) is 8.90. The summed E-state index contributed by atoms with van der Waals surface area (Å²) >= 11 is 5.59. The van der Waals surface area contributed by atoms with E-state index in [-0.39, 0.29) is 11.1 Å². The van der Waals surface area contributed by atoms with Gasteiger partial charge in [-0.3, -0.25) is 0 Å². The molecule has 0 aromatic carbocycles. The molecule has 2 saturated carbocycles. The van der Waals surface area contributed by atoms with Crippen LogP contribution in [0.5, 0.6) is 0 Å². The normalized spacial score (nSPS) is 37.4. The molecule has 1 heterocycles. The molecule has 0 aromatic rings. The fourth-order valence-corrected chi connectivity index (χ4v) is 5.56. The molecule has 2 bridgehead atoms. The van der Waals surface area contributed by atoms with E-state index in [2.05, 4.69) is 43.6 Å². The van der Waals surface area contributed by atoms with E-state index in [1.165, 1.54) is 25.7 Å². The molecule has 3 rings (SSSR count). The van der Waals surface area contributed by atoms with Gasteiger partial charge in [0.15, 0.2) is 5.11 Å². The minimum absolute atomic E-state index is 0.168. The van der Waals surface area contributed by atoms with E-state index in [9.17, 15) is 0 Å². The van der Waals surface area contributed by atoms with Crippen LogP contribution < -0.4 is 16.0 Å². The van der Waals surface area contributed by atoms with Crippen molar-refractivity contribution in [1.29, 1.82) is 0 Å². The van der Waals surface area contributed by atoms with Crippen LogP contribution in [0.15, 0.2) is 0 Å². The van der Waals surface area contributed by atoms with Gasteiger partial charge in [-0.25, -0.2) is 0 Å². The van der Waals surface area contributed by atoms with Crippen LogP contribution in [0.25, 0.3) is 0 Å². The zero-order valence-electron chi connectivity index (χ0n) is 14.0. The summed E-state index contributed by atoms with van der Waals surface area (Å²) in [7, 11) is 0. The molecule has 0 spiro atoms. The molecule has 0 unspecified atom stereocenters.